The van der Waals surface area contributed by atoms with E-state index < -0.39 is 0 Å². The molecule has 0 aliphatic carbocycles. The van der Waals surface area contributed by atoms with Crippen molar-refractivity contribution in [1.29, 1.82) is 0 Å². The Morgan fingerprint density at radius 3 is 2.60 bits per heavy atom. The maximum atomic E-state index is 4.60. The lowest BCUT2D eigenvalue weighted by Crippen LogP contribution is -2.11. The maximum absolute atomic E-state index is 4.60. The molecule has 0 unspecified atom stereocenters. The molecule has 0 aliphatic rings. The smallest absolute Gasteiger partial charge is 0.175 e. The Morgan fingerprint density at radius 1 is 1.30 bits per heavy atom. The minimum Gasteiger partial charge on any atom is -0.335 e. The second-order valence-electron chi connectivity index (χ2n) is 6.16. The Hall–Kier alpha value is -1.13. The summed E-state index contributed by atoms with van der Waals surface area (Å²) in [6.07, 6.45) is 0. The second-order valence-corrected chi connectivity index (χ2v) is 6.92. The van der Waals surface area contributed by atoms with Crippen molar-refractivity contribution in [2.75, 3.05) is 7.05 Å². The van der Waals surface area contributed by atoms with Crippen LogP contribution in [-0.4, -0.2) is 17.0 Å². The van der Waals surface area contributed by atoms with Gasteiger partial charge in [0.05, 0.1) is 11.4 Å². The molecule has 1 aromatic carbocycles. The van der Waals surface area contributed by atoms with Gasteiger partial charge in [0.1, 0.15) is 0 Å². The summed E-state index contributed by atoms with van der Waals surface area (Å²) in [5.74, 6) is 0. The van der Waals surface area contributed by atoms with E-state index in [1.165, 1.54) is 16.7 Å². The number of hydrogen-bond acceptors (Lipinski definition) is 2. The van der Waals surface area contributed by atoms with Crippen LogP contribution in [0.25, 0.3) is 11.3 Å². The van der Waals surface area contributed by atoms with E-state index in [9.17, 15) is 0 Å². The van der Waals surface area contributed by atoms with Crippen molar-refractivity contribution in [2.24, 2.45) is 0 Å². The van der Waals surface area contributed by atoms with Gasteiger partial charge >= 0.3 is 0 Å². The molecule has 0 aliphatic heterocycles. The van der Waals surface area contributed by atoms with Crippen LogP contribution in [0.3, 0.4) is 0 Å². The van der Waals surface area contributed by atoms with Gasteiger partial charge in [-0.1, -0.05) is 32.9 Å². The number of halogens is 1. The highest BCUT2D eigenvalue weighted by atomic mass is 79.9. The zero-order valence-corrected chi connectivity index (χ0v) is 14.4. The third-order valence-corrected chi connectivity index (χ3v) is 3.84. The lowest BCUT2D eigenvalue weighted by Gasteiger charge is -2.20. The SMILES string of the molecule is CNCc1[nH]c(Br)nc1-c1cc(C(C)(C)C)ccc1C. The van der Waals surface area contributed by atoms with Crippen LogP contribution < -0.4 is 5.32 Å². The number of benzene rings is 1. The predicted molar refractivity (Wildman–Crippen MR) is 87.9 cm³/mol. The quantitative estimate of drug-likeness (QED) is 0.883. The van der Waals surface area contributed by atoms with Crippen molar-refractivity contribution >= 4 is 15.9 Å². The lowest BCUT2D eigenvalue weighted by molar-refractivity contribution is 0.590. The lowest BCUT2D eigenvalue weighted by atomic mass is 9.85. The summed E-state index contributed by atoms with van der Waals surface area (Å²) in [6.45, 7) is 9.60. The average Bonchev–Trinajstić information content (AvgIpc) is 2.70. The average molecular weight is 336 g/mol. The van der Waals surface area contributed by atoms with Gasteiger partial charge in [0, 0.05) is 12.1 Å². The van der Waals surface area contributed by atoms with Crippen LogP contribution in [0, 0.1) is 6.92 Å². The maximum Gasteiger partial charge on any atom is 0.175 e. The molecule has 2 N–H and O–H groups in total. The fraction of sp³-hybridized carbons (Fsp3) is 0.438. The molecule has 0 saturated heterocycles. The van der Waals surface area contributed by atoms with Gasteiger partial charge in [-0.15, -0.1) is 0 Å². The molecule has 3 nitrogen and oxygen atoms in total. The molecule has 0 spiro atoms. The van der Waals surface area contributed by atoms with Crippen molar-refractivity contribution in [3.8, 4) is 11.3 Å². The number of hydrogen-bond donors (Lipinski definition) is 2. The van der Waals surface area contributed by atoms with Crippen molar-refractivity contribution in [3.63, 3.8) is 0 Å². The van der Waals surface area contributed by atoms with E-state index in [1.807, 2.05) is 7.05 Å². The molecule has 108 valence electrons. The molecule has 4 heteroatoms. The van der Waals surface area contributed by atoms with Crippen LogP contribution in [0.1, 0.15) is 37.6 Å². The molecule has 20 heavy (non-hydrogen) atoms. The number of rotatable bonds is 3. The Balaban J connectivity index is 2.57. The van der Waals surface area contributed by atoms with Gasteiger partial charge in [0.25, 0.3) is 0 Å². The normalized spacial score (nSPS) is 11.9. The third kappa shape index (κ3) is 3.13. The van der Waals surface area contributed by atoms with Crippen LogP contribution in [-0.2, 0) is 12.0 Å². The molecule has 1 aromatic heterocycles. The molecule has 0 bridgehead atoms. The summed E-state index contributed by atoms with van der Waals surface area (Å²) < 4.78 is 0.776. The summed E-state index contributed by atoms with van der Waals surface area (Å²) >= 11 is 3.44. The van der Waals surface area contributed by atoms with E-state index in [0.29, 0.717) is 0 Å². The molecular weight excluding hydrogens is 314 g/mol. The number of aromatic amines is 1. The van der Waals surface area contributed by atoms with Gasteiger partial charge in [-0.3, -0.25) is 0 Å². The van der Waals surface area contributed by atoms with Crippen molar-refractivity contribution in [3.05, 3.63) is 39.8 Å². The van der Waals surface area contributed by atoms with Gasteiger partial charge in [0.2, 0.25) is 0 Å². The van der Waals surface area contributed by atoms with E-state index in [0.717, 1.165) is 22.7 Å². The highest BCUT2D eigenvalue weighted by molar-refractivity contribution is 9.10. The molecule has 0 radical (unpaired) electrons. The molecule has 0 atom stereocenters. The highest BCUT2D eigenvalue weighted by Gasteiger charge is 2.18. The van der Waals surface area contributed by atoms with E-state index in [4.69, 9.17) is 0 Å². The first-order valence-corrected chi connectivity index (χ1v) is 7.62. The fourth-order valence-electron chi connectivity index (χ4n) is 2.25. The topological polar surface area (TPSA) is 40.7 Å². The number of aryl methyl sites for hydroxylation is 1. The molecule has 0 amide bonds. The number of nitrogens with zero attached hydrogens (tertiary/aromatic N) is 1. The first-order chi connectivity index (χ1) is 9.32. The van der Waals surface area contributed by atoms with Gasteiger partial charge < -0.3 is 10.3 Å². The van der Waals surface area contributed by atoms with Crippen molar-refractivity contribution < 1.29 is 0 Å². The van der Waals surface area contributed by atoms with Gasteiger partial charge in [-0.2, -0.15) is 0 Å². The predicted octanol–water partition coefficient (Wildman–Crippen LogP) is 4.16. The molecular formula is C16H22BrN3. The van der Waals surface area contributed by atoms with Crippen LogP contribution in [0.4, 0.5) is 0 Å². The Bertz CT molecular complexity index is 609. The van der Waals surface area contributed by atoms with Gasteiger partial charge in [0.15, 0.2) is 4.73 Å². The number of H-pyrrole nitrogens is 1. The van der Waals surface area contributed by atoms with Gasteiger partial charge in [-0.05, 0) is 52.5 Å². The van der Waals surface area contributed by atoms with Crippen LogP contribution in [0.5, 0.6) is 0 Å². The minimum absolute atomic E-state index is 0.138. The van der Waals surface area contributed by atoms with Crippen LogP contribution in [0.15, 0.2) is 22.9 Å². The van der Waals surface area contributed by atoms with E-state index >= 15 is 0 Å². The first kappa shape index (κ1) is 15.3. The number of nitrogens with one attached hydrogen (secondary N) is 2. The van der Waals surface area contributed by atoms with E-state index in [2.05, 4.69) is 77.1 Å². The molecule has 0 saturated carbocycles. The number of aromatic nitrogens is 2. The van der Waals surface area contributed by atoms with E-state index in [-0.39, 0.29) is 5.41 Å². The molecule has 2 aromatic rings. The highest BCUT2D eigenvalue weighted by Crippen LogP contribution is 2.31. The Kier molecular flexibility index (Phi) is 4.35. The zero-order chi connectivity index (χ0) is 14.9. The monoisotopic (exact) mass is 335 g/mol. The van der Waals surface area contributed by atoms with Crippen LogP contribution in [0.2, 0.25) is 0 Å². The fourth-order valence-corrected chi connectivity index (χ4v) is 2.67. The van der Waals surface area contributed by atoms with E-state index in [1.54, 1.807) is 0 Å². The summed E-state index contributed by atoms with van der Waals surface area (Å²) in [5, 5.41) is 3.18. The Morgan fingerprint density at radius 2 is 2.00 bits per heavy atom. The third-order valence-electron chi connectivity index (χ3n) is 3.46. The molecule has 1 heterocycles. The summed E-state index contributed by atoms with van der Waals surface area (Å²) in [5.41, 5.74) is 6.04. The largest absolute Gasteiger partial charge is 0.335 e. The standard InChI is InChI=1S/C16H22BrN3/c1-10-6-7-11(16(2,3)4)8-12(10)14-13(9-18-5)19-15(17)20-14/h6-8,18H,9H2,1-5H3,(H,19,20). The Labute approximate surface area is 129 Å². The molecule has 0 fully saturated rings. The van der Waals surface area contributed by atoms with Crippen molar-refractivity contribution in [1.82, 2.24) is 15.3 Å². The summed E-state index contributed by atoms with van der Waals surface area (Å²) in [6, 6.07) is 6.65. The summed E-state index contributed by atoms with van der Waals surface area (Å²) in [4.78, 5) is 7.88. The first-order valence-electron chi connectivity index (χ1n) is 6.83. The molecule has 2 rings (SSSR count). The van der Waals surface area contributed by atoms with Crippen LogP contribution >= 0.6 is 15.9 Å². The van der Waals surface area contributed by atoms with Gasteiger partial charge in [-0.25, -0.2) is 4.98 Å². The number of imidazole rings is 1. The minimum atomic E-state index is 0.138. The zero-order valence-electron chi connectivity index (χ0n) is 12.8. The summed E-state index contributed by atoms with van der Waals surface area (Å²) in [7, 11) is 1.94. The van der Waals surface area contributed by atoms with Crippen molar-refractivity contribution in [2.45, 2.75) is 39.7 Å². The second kappa shape index (κ2) is 5.70.